The van der Waals surface area contributed by atoms with Gasteiger partial charge in [0, 0.05) is 24.7 Å². The van der Waals surface area contributed by atoms with Crippen LogP contribution in [0.25, 0.3) is 0 Å². The summed E-state index contributed by atoms with van der Waals surface area (Å²) in [5, 5.41) is 5.93. The smallest absolute Gasteiger partial charge is 0.276 e. The Morgan fingerprint density at radius 3 is 2.50 bits per heavy atom. The van der Waals surface area contributed by atoms with Crippen molar-refractivity contribution in [1.29, 1.82) is 0 Å². The van der Waals surface area contributed by atoms with Gasteiger partial charge in [0.1, 0.15) is 0 Å². The van der Waals surface area contributed by atoms with Gasteiger partial charge in [-0.1, -0.05) is 23.2 Å². The lowest BCUT2D eigenvalue weighted by atomic mass is 10.1. The first kappa shape index (κ1) is 20.4. The van der Waals surface area contributed by atoms with Gasteiger partial charge in [-0.15, -0.1) is 0 Å². The summed E-state index contributed by atoms with van der Waals surface area (Å²) < 4.78 is 0. The number of rotatable bonds is 5. The van der Waals surface area contributed by atoms with E-state index in [0.717, 1.165) is 25.9 Å². The summed E-state index contributed by atoms with van der Waals surface area (Å²) in [7, 11) is 0. The third-order valence-electron chi connectivity index (χ3n) is 4.23. The van der Waals surface area contributed by atoms with Crippen LogP contribution in [0, 0.1) is 0 Å². The lowest BCUT2D eigenvalue weighted by Crippen LogP contribution is -2.30. The number of carbonyl (C=O) groups is 2. The molecule has 1 aromatic heterocycles. The van der Waals surface area contributed by atoms with E-state index >= 15 is 0 Å². The molecule has 0 radical (unpaired) electrons. The molecule has 0 spiro atoms. The second-order valence-corrected chi connectivity index (χ2v) is 7.65. The molecule has 0 aliphatic carbocycles. The third-order valence-corrected chi connectivity index (χ3v) is 4.84. The highest BCUT2D eigenvalue weighted by molar-refractivity contribution is 6.35. The second-order valence-electron chi connectivity index (χ2n) is 6.84. The first-order valence-corrected chi connectivity index (χ1v) is 9.80. The summed E-state index contributed by atoms with van der Waals surface area (Å²) in [6.07, 6.45) is 3.55. The molecular formula is C19H21Cl2N5O2. The SMILES string of the molecule is CC(C)NC(=O)c1ccc(Cl)c(NC(=O)c2nc(N3CCCC3)ncc2Cl)c1. The van der Waals surface area contributed by atoms with Gasteiger partial charge in [0.15, 0.2) is 5.69 Å². The number of hydrogen-bond donors (Lipinski definition) is 2. The van der Waals surface area contributed by atoms with E-state index in [1.807, 2.05) is 18.7 Å². The van der Waals surface area contributed by atoms with Crippen molar-refractivity contribution in [3.05, 3.63) is 45.7 Å². The van der Waals surface area contributed by atoms with E-state index < -0.39 is 5.91 Å². The van der Waals surface area contributed by atoms with Crippen molar-refractivity contribution < 1.29 is 9.59 Å². The number of nitrogens with one attached hydrogen (secondary N) is 2. The average molecular weight is 422 g/mol. The summed E-state index contributed by atoms with van der Waals surface area (Å²) >= 11 is 12.3. The molecule has 1 aromatic carbocycles. The van der Waals surface area contributed by atoms with E-state index in [4.69, 9.17) is 23.2 Å². The molecule has 7 nitrogen and oxygen atoms in total. The van der Waals surface area contributed by atoms with Crippen LogP contribution < -0.4 is 15.5 Å². The van der Waals surface area contributed by atoms with Crippen LogP contribution in [0.15, 0.2) is 24.4 Å². The Balaban J connectivity index is 1.82. The molecular weight excluding hydrogens is 401 g/mol. The third kappa shape index (κ3) is 4.72. The normalized spacial score (nSPS) is 13.7. The molecule has 0 atom stereocenters. The zero-order valence-corrected chi connectivity index (χ0v) is 17.1. The van der Waals surface area contributed by atoms with E-state index in [0.29, 0.717) is 22.2 Å². The van der Waals surface area contributed by atoms with Gasteiger partial charge in [0.25, 0.3) is 11.8 Å². The van der Waals surface area contributed by atoms with Gasteiger partial charge in [-0.3, -0.25) is 9.59 Å². The molecule has 2 amide bonds. The maximum absolute atomic E-state index is 12.7. The standard InChI is InChI=1S/C19H21Cl2N5O2/c1-11(2)23-17(27)12-5-6-13(20)15(9-12)24-18(28)16-14(21)10-22-19(25-16)26-7-3-4-8-26/h5-6,9-11H,3-4,7-8H2,1-2H3,(H,23,27)(H,24,28). The van der Waals surface area contributed by atoms with Crippen molar-refractivity contribution in [2.45, 2.75) is 32.7 Å². The number of hydrogen-bond acceptors (Lipinski definition) is 5. The molecule has 0 saturated carbocycles. The van der Waals surface area contributed by atoms with Gasteiger partial charge < -0.3 is 15.5 Å². The summed E-state index contributed by atoms with van der Waals surface area (Å²) in [5.41, 5.74) is 0.757. The first-order chi connectivity index (χ1) is 13.3. The number of nitrogens with zero attached hydrogens (tertiary/aromatic N) is 3. The number of carbonyl (C=O) groups excluding carboxylic acids is 2. The molecule has 0 unspecified atom stereocenters. The number of aromatic nitrogens is 2. The Kier molecular flexibility index (Phi) is 6.36. The lowest BCUT2D eigenvalue weighted by molar-refractivity contribution is 0.0941. The molecule has 28 heavy (non-hydrogen) atoms. The highest BCUT2D eigenvalue weighted by Gasteiger charge is 2.20. The van der Waals surface area contributed by atoms with Crippen LogP contribution in [0.5, 0.6) is 0 Å². The summed E-state index contributed by atoms with van der Waals surface area (Å²) in [6, 6.07) is 4.67. The minimum absolute atomic E-state index is 0.00921. The van der Waals surface area contributed by atoms with E-state index in [1.54, 1.807) is 12.1 Å². The lowest BCUT2D eigenvalue weighted by Gasteiger charge is -2.16. The van der Waals surface area contributed by atoms with E-state index in [9.17, 15) is 9.59 Å². The molecule has 2 N–H and O–H groups in total. The van der Waals surface area contributed by atoms with Crippen molar-refractivity contribution in [2.75, 3.05) is 23.3 Å². The second kappa shape index (κ2) is 8.75. The zero-order valence-electron chi connectivity index (χ0n) is 15.6. The maximum Gasteiger partial charge on any atom is 0.276 e. The van der Waals surface area contributed by atoms with Gasteiger partial charge in [0.05, 0.1) is 21.9 Å². The molecule has 1 aliphatic heterocycles. The van der Waals surface area contributed by atoms with Crippen LogP contribution in [0.2, 0.25) is 10.0 Å². The highest BCUT2D eigenvalue weighted by atomic mass is 35.5. The minimum Gasteiger partial charge on any atom is -0.350 e. The van der Waals surface area contributed by atoms with Crippen LogP contribution in [-0.2, 0) is 0 Å². The number of anilines is 2. The van der Waals surface area contributed by atoms with Gasteiger partial charge in [-0.25, -0.2) is 9.97 Å². The fourth-order valence-electron chi connectivity index (χ4n) is 2.88. The van der Waals surface area contributed by atoms with E-state index in [1.165, 1.54) is 12.3 Å². The molecule has 3 rings (SSSR count). The van der Waals surface area contributed by atoms with Crippen LogP contribution in [0.4, 0.5) is 11.6 Å². The van der Waals surface area contributed by atoms with Crippen molar-refractivity contribution >= 4 is 46.7 Å². The van der Waals surface area contributed by atoms with Crippen LogP contribution in [0.3, 0.4) is 0 Å². The number of benzene rings is 1. The van der Waals surface area contributed by atoms with Gasteiger partial charge in [0.2, 0.25) is 5.95 Å². The first-order valence-electron chi connectivity index (χ1n) is 9.04. The molecule has 1 saturated heterocycles. The summed E-state index contributed by atoms with van der Waals surface area (Å²) in [6.45, 7) is 5.43. The minimum atomic E-state index is -0.517. The number of halogens is 2. The van der Waals surface area contributed by atoms with Crippen molar-refractivity contribution in [3.8, 4) is 0 Å². The predicted molar refractivity (Wildman–Crippen MR) is 110 cm³/mol. The van der Waals surface area contributed by atoms with Gasteiger partial charge >= 0.3 is 0 Å². The monoisotopic (exact) mass is 421 g/mol. The average Bonchev–Trinajstić information content (AvgIpc) is 3.18. The van der Waals surface area contributed by atoms with Crippen LogP contribution in [0.1, 0.15) is 47.5 Å². The van der Waals surface area contributed by atoms with Crippen LogP contribution >= 0.6 is 23.2 Å². The Labute approximate surface area is 173 Å². The summed E-state index contributed by atoms with van der Waals surface area (Å²) in [4.78, 5) is 35.5. The number of amides is 2. The molecule has 2 heterocycles. The Hall–Kier alpha value is -2.38. The zero-order chi connectivity index (χ0) is 20.3. The Morgan fingerprint density at radius 1 is 1.11 bits per heavy atom. The Morgan fingerprint density at radius 2 is 1.82 bits per heavy atom. The molecule has 1 fully saturated rings. The topological polar surface area (TPSA) is 87.2 Å². The van der Waals surface area contributed by atoms with Gasteiger partial charge in [-0.05, 0) is 44.9 Å². The quantitative estimate of drug-likeness (QED) is 0.766. The molecule has 0 bridgehead atoms. The van der Waals surface area contributed by atoms with Gasteiger partial charge in [-0.2, -0.15) is 0 Å². The highest BCUT2D eigenvalue weighted by Crippen LogP contribution is 2.25. The fraction of sp³-hybridized carbons (Fsp3) is 0.368. The van der Waals surface area contributed by atoms with Crippen molar-refractivity contribution in [2.24, 2.45) is 0 Å². The summed E-state index contributed by atoms with van der Waals surface area (Å²) in [5.74, 6) is -0.294. The fourth-order valence-corrected chi connectivity index (χ4v) is 3.22. The molecule has 9 heteroatoms. The molecule has 1 aliphatic rings. The largest absolute Gasteiger partial charge is 0.350 e. The van der Waals surface area contributed by atoms with Crippen molar-refractivity contribution in [3.63, 3.8) is 0 Å². The van der Waals surface area contributed by atoms with Crippen molar-refractivity contribution in [1.82, 2.24) is 15.3 Å². The Bertz CT molecular complexity index is 898. The predicted octanol–water partition coefficient (Wildman–Crippen LogP) is 3.77. The van der Waals surface area contributed by atoms with Crippen LogP contribution in [-0.4, -0.2) is 40.9 Å². The molecule has 148 valence electrons. The molecule has 2 aromatic rings. The maximum atomic E-state index is 12.7. The van der Waals surface area contributed by atoms with E-state index in [-0.39, 0.29) is 22.7 Å². The van der Waals surface area contributed by atoms with E-state index in [2.05, 4.69) is 20.6 Å².